The molecular formula is C13H26N4. The second-order valence-corrected chi connectivity index (χ2v) is 4.46. The van der Waals surface area contributed by atoms with Crippen molar-refractivity contribution in [1.82, 2.24) is 14.5 Å². The SMILES string of the molecule is CCC(CC)N(CCN)CCn1ccnc1C. The summed E-state index contributed by atoms with van der Waals surface area (Å²) in [6.07, 6.45) is 6.29. The highest BCUT2D eigenvalue weighted by Gasteiger charge is 2.14. The Bertz CT molecular complexity index is 304. The number of hydrogen-bond donors (Lipinski definition) is 1. The highest BCUT2D eigenvalue weighted by Crippen LogP contribution is 2.08. The Morgan fingerprint density at radius 2 is 2.06 bits per heavy atom. The van der Waals surface area contributed by atoms with Crippen LogP contribution < -0.4 is 5.73 Å². The number of rotatable bonds is 8. The van der Waals surface area contributed by atoms with Gasteiger partial charge >= 0.3 is 0 Å². The lowest BCUT2D eigenvalue weighted by molar-refractivity contribution is 0.183. The summed E-state index contributed by atoms with van der Waals surface area (Å²) >= 11 is 0. The molecule has 4 heteroatoms. The van der Waals surface area contributed by atoms with Crippen molar-refractivity contribution in [3.8, 4) is 0 Å². The van der Waals surface area contributed by atoms with Gasteiger partial charge in [0.2, 0.25) is 0 Å². The molecule has 0 amide bonds. The van der Waals surface area contributed by atoms with Crippen LogP contribution in [-0.2, 0) is 6.54 Å². The molecule has 0 atom stereocenters. The van der Waals surface area contributed by atoms with Gasteiger partial charge in [-0.15, -0.1) is 0 Å². The molecular weight excluding hydrogens is 212 g/mol. The zero-order valence-electron chi connectivity index (χ0n) is 11.4. The van der Waals surface area contributed by atoms with E-state index in [4.69, 9.17) is 5.73 Å². The van der Waals surface area contributed by atoms with E-state index >= 15 is 0 Å². The van der Waals surface area contributed by atoms with E-state index in [9.17, 15) is 0 Å². The van der Waals surface area contributed by atoms with Crippen molar-refractivity contribution in [3.63, 3.8) is 0 Å². The number of imidazole rings is 1. The van der Waals surface area contributed by atoms with Gasteiger partial charge in [0.15, 0.2) is 0 Å². The van der Waals surface area contributed by atoms with E-state index in [1.807, 2.05) is 19.3 Å². The minimum atomic E-state index is 0.655. The lowest BCUT2D eigenvalue weighted by Gasteiger charge is -2.30. The molecule has 98 valence electrons. The second-order valence-electron chi connectivity index (χ2n) is 4.46. The lowest BCUT2D eigenvalue weighted by Crippen LogP contribution is -2.40. The summed E-state index contributed by atoms with van der Waals surface area (Å²) < 4.78 is 2.20. The molecule has 0 spiro atoms. The smallest absolute Gasteiger partial charge is 0.105 e. The highest BCUT2D eigenvalue weighted by molar-refractivity contribution is 4.88. The molecule has 0 bridgehead atoms. The molecule has 0 radical (unpaired) electrons. The van der Waals surface area contributed by atoms with Crippen LogP contribution in [0.15, 0.2) is 12.4 Å². The Morgan fingerprint density at radius 1 is 1.35 bits per heavy atom. The molecule has 0 aliphatic heterocycles. The molecule has 0 aliphatic rings. The van der Waals surface area contributed by atoms with Gasteiger partial charge in [-0.3, -0.25) is 4.90 Å². The van der Waals surface area contributed by atoms with Gasteiger partial charge in [-0.05, 0) is 19.8 Å². The van der Waals surface area contributed by atoms with Crippen molar-refractivity contribution in [2.24, 2.45) is 5.73 Å². The first-order valence-electron chi connectivity index (χ1n) is 6.64. The molecule has 2 N–H and O–H groups in total. The van der Waals surface area contributed by atoms with Crippen molar-refractivity contribution in [2.75, 3.05) is 19.6 Å². The summed E-state index contributed by atoms with van der Waals surface area (Å²) in [5.74, 6) is 1.09. The van der Waals surface area contributed by atoms with Crippen molar-refractivity contribution < 1.29 is 0 Å². The number of aryl methyl sites for hydroxylation is 1. The van der Waals surface area contributed by atoms with Crippen LogP contribution in [0.4, 0.5) is 0 Å². The van der Waals surface area contributed by atoms with Gasteiger partial charge < -0.3 is 10.3 Å². The van der Waals surface area contributed by atoms with Crippen LogP contribution in [0.1, 0.15) is 32.5 Å². The van der Waals surface area contributed by atoms with E-state index in [0.717, 1.165) is 32.0 Å². The van der Waals surface area contributed by atoms with Crippen LogP contribution in [0.2, 0.25) is 0 Å². The minimum Gasteiger partial charge on any atom is -0.334 e. The third-order valence-corrected chi connectivity index (χ3v) is 3.43. The van der Waals surface area contributed by atoms with Crippen molar-refractivity contribution in [1.29, 1.82) is 0 Å². The normalized spacial score (nSPS) is 11.6. The molecule has 0 fully saturated rings. The summed E-state index contributed by atoms with van der Waals surface area (Å²) in [5, 5.41) is 0. The predicted molar refractivity (Wildman–Crippen MR) is 72.0 cm³/mol. The van der Waals surface area contributed by atoms with Crippen LogP contribution in [0.5, 0.6) is 0 Å². The van der Waals surface area contributed by atoms with Crippen molar-refractivity contribution in [2.45, 2.75) is 46.2 Å². The van der Waals surface area contributed by atoms with Crippen molar-refractivity contribution in [3.05, 3.63) is 18.2 Å². The summed E-state index contributed by atoms with van der Waals surface area (Å²) in [6, 6.07) is 0.655. The molecule has 1 heterocycles. The van der Waals surface area contributed by atoms with E-state index in [2.05, 4.69) is 28.3 Å². The fourth-order valence-corrected chi connectivity index (χ4v) is 2.32. The van der Waals surface area contributed by atoms with E-state index in [1.54, 1.807) is 0 Å². The largest absolute Gasteiger partial charge is 0.334 e. The number of nitrogens with zero attached hydrogens (tertiary/aromatic N) is 3. The van der Waals surface area contributed by atoms with Gasteiger partial charge in [-0.25, -0.2) is 4.98 Å². The van der Waals surface area contributed by atoms with Crippen LogP contribution in [0, 0.1) is 6.92 Å². The Hall–Kier alpha value is -0.870. The zero-order chi connectivity index (χ0) is 12.7. The van der Waals surface area contributed by atoms with E-state index in [1.165, 1.54) is 12.8 Å². The fraction of sp³-hybridized carbons (Fsp3) is 0.769. The summed E-state index contributed by atoms with van der Waals surface area (Å²) in [7, 11) is 0. The first-order valence-corrected chi connectivity index (χ1v) is 6.64. The van der Waals surface area contributed by atoms with Crippen LogP contribution >= 0.6 is 0 Å². The Labute approximate surface area is 105 Å². The minimum absolute atomic E-state index is 0.655. The quantitative estimate of drug-likeness (QED) is 0.749. The van der Waals surface area contributed by atoms with Gasteiger partial charge in [-0.2, -0.15) is 0 Å². The predicted octanol–water partition coefficient (Wildman–Crippen LogP) is 1.64. The molecule has 1 aromatic rings. The van der Waals surface area contributed by atoms with Gasteiger partial charge in [0.05, 0.1) is 0 Å². The van der Waals surface area contributed by atoms with E-state index in [-0.39, 0.29) is 0 Å². The van der Waals surface area contributed by atoms with Gasteiger partial charge in [-0.1, -0.05) is 13.8 Å². The second kappa shape index (κ2) is 7.45. The Morgan fingerprint density at radius 3 is 2.53 bits per heavy atom. The Balaban J connectivity index is 2.52. The zero-order valence-corrected chi connectivity index (χ0v) is 11.4. The number of nitrogens with two attached hydrogens (primary N) is 1. The topological polar surface area (TPSA) is 47.1 Å². The van der Waals surface area contributed by atoms with Gasteiger partial charge in [0, 0.05) is 44.6 Å². The standard InChI is InChI=1S/C13H26N4/c1-4-13(5-2)17(8-6-14)11-10-16-9-7-15-12(16)3/h7,9,13H,4-6,8,10-11,14H2,1-3H3. The first kappa shape index (κ1) is 14.2. The monoisotopic (exact) mass is 238 g/mol. The molecule has 0 aliphatic carbocycles. The maximum absolute atomic E-state index is 5.69. The molecule has 0 saturated heterocycles. The van der Waals surface area contributed by atoms with E-state index in [0.29, 0.717) is 6.04 Å². The summed E-state index contributed by atoms with van der Waals surface area (Å²) in [5.41, 5.74) is 5.69. The maximum Gasteiger partial charge on any atom is 0.105 e. The molecule has 0 aromatic carbocycles. The molecule has 1 aromatic heterocycles. The van der Waals surface area contributed by atoms with Crippen LogP contribution in [0.25, 0.3) is 0 Å². The average molecular weight is 238 g/mol. The molecule has 0 unspecified atom stereocenters. The fourth-order valence-electron chi connectivity index (χ4n) is 2.32. The maximum atomic E-state index is 5.69. The van der Waals surface area contributed by atoms with Gasteiger partial charge in [0.25, 0.3) is 0 Å². The highest BCUT2D eigenvalue weighted by atomic mass is 15.2. The molecule has 0 saturated carbocycles. The summed E-state index contributed by atoms with van der Waals surface area (Å²) in [4.78, 5) is 6.74. The van der Waals surface area contributed by atoms with Gasteiger partial charge in [0.1, 0.15) is 5.82 Å². The Kier molecular flexibility index (Phi) is 6.22. The van der Waals surface area contributed by atoms with Crippen LogP contribution in [-0.4, -0.2) is 40.1 Å². The molecule has 17 heavy (non-hydrogen) atoms. The summed E-state index contributed by atoms with van der Waals surface area (Å²) in [6.45, 7) is 10.3. The lowest BCUT2D eigenvalue weighted by atomic mass is 10.1. The van der Waals surface area contributed by atoms with E-state index < -0.39 is 0 Å². The number of hydrogen-bond acceptors (Lipinski definition) is 3. The van der Waals surface area contributed by atoms with Crippen molar-refractivity contribution >= 4 is 0 Å². The third kappa shape index (κ3) is 4.13. The van der Waals surface area contributed by atoms with Crippen LogP contribution in [0.3, 0.4) is 0 Å². The average Bonchev–Trinajstić information content (AvgIpc) is 2.73. The molecule has 4 nitrogen and oxygen atoms in total. The molecule has 1 rings (SSSR count). The first-order chi connectivity index (χ1) is 8.22. The third-order valence-electron chi connectivity index (χ3n) is 3.43. The number of aromatic nitrogens is 2.